The van der Waals surface area contributed by atoms with Crippen LogP contribution in [0.2, 0.25) is 0 Å². The Hall–Kier alpha value is -1.94. The number of unbranched alkanes of at least 4 members (excludes halogenated alkanes) is 50. The second-order valence-corrected chi connectivity index (χ2v) is 36.3. The van der Waals surface area contributed by atoms with Crippen molar-refractivity contribution < 1.29 is 80.2 Å². The van der Waals surface area contributed by atoms with Gasteiger partial charge in [-0.15, -0.1) is 0 Å². The Morgan fingerprint density at radius 3 is 0.657 bits per heavy atom. The normalized spacial score (nSPS) is 14.4. The molecule has 4 unspecified atom stereocenters. The summed E-state index contributed by atoms with van der Waals surface area (Å²) in [6.45, 7) is 14.4. The van der Waals surface area contributed by atoms with Gasteiger partial charge in [0.15, 0.2) is 12.2 Å². The number of hydrogen-bond donors (Lipinski definition) is 3. The highest BCUT2D eigenvalue weighted by molar-refractivity contribution is 7.47. The van der Waals surface area contributed by atoms with E-state index in [2.05, 4.69) is 55.4 Å². The fourth-order valence-electron chi connectivity index (χ4n) is 13.8. The molecule has 0 radical (unpaired) electrons. The average molecular weight is 1580 g/mol. The molecule has 642 valence electrons. The fraction of sp³-hybridized carbons (Fsp3) is 0.955. The maximum absolute atomic E-state index is 13.2. The van der Waals surface area contributed by atoms with Crippen LogP contribution in [-0.2, 0) is 65.4 Å². The molecule has 0 rings (SSSR count). The van der Waals surface area contributed by atoms with Gasteiger partial charge in [0.2, 0.25) is 0 Å². The highest BCUT2D eigenvalue weighted by atomic mass is 31.2. The molecule has 108 heavy (non-hydrogen) atoms. The van der Waals surface area contributed by atoms with Crippen LogP contribution < -0.4 is 0 Å². The van der Waals surface area contributed by atoms with Crippen LogP contribution >= 0.6 is 15.6 Å². The maximum Gasteiger partial charge on any atom is 0.472 e. The predicted molar refractivity (Wildman–Crippen MR) is 446 cm³/mol. The van der Waals surface area contributed by atoms with E-state index >= 15 is 0 Å². The molecular formula is C89H174O17P2. The molecule has 0 fully saturated rings. The second-order valence-electron chi connectivity index (χ2n) is 33.4. The Labute approximate surface area is 664 Å². The van der Waals surface area contributed by atoms with E-state index in [4.69, 9.17) is 37.0 Å². The van der Waals surface area contributed by atoms with Crippen LogP contribution in [0.15, 0.2) is 0 Å². The number of aliphatic hydroxyl groups is 1. The number of phosphoric acid groups is 2. The van der Waals surface area contributed by atoms with Gasteiger partial charge in [-0.2, -0.15) is 0 Å². The lowest BCUT2D eigenvalue weighted by atomic mass is 9.99. The number of hydrogen-bond acceptors (Lipinski definition) is 15. The monoisotopic (exact) mass is 1580 g/mol. The summed E-state index contributed by atoms with van der Waals surface area (Å²) in [6, 6.07) is 0. The molecule has 0 saturated carbocycles. The minimum atomic E-state index is -4.97. The van der Waals surface area contributed by atoms with E-state index in [0.717, 1.165) is 114 Å². The maximum atomic E-state index is 13.2. The van der Waals surface area contributed by atoms with Crippen molar-refractivity contribution in [2.24, 2.45) is 23.7 Å². The summed E-state index contributed by atoms with van der Waals surface area (Å²) in [6.07, 6.45) is 67.9. The first-order valence-corrected chi connectivity index (χ1v) is 48.8. The van der Waals surface area contributed by atoms with E-state index in [9.17, 15) is 43.2 Å². The number of phosphoric ester groups is 2. The zero-order chi connectivity index (χ0) is 79.5. The molecule has 0 heterocycles. The first kappa shape index (κ1) is 106. The summed E-state index contributed by atoms with van der Waals surface area (Å²) in [5, 5.41) is 10.7. The average Bonchev–Trinajstić information content (AvgIpc) is 0.898. The first-order chi connectivity index (χ1) is 52.2. The SMILES string of the molecule is CCC(C)CCCCCCCCCCCCCCCCC(=O)O[C@H](COC(=O)CCCCCCCCCCC(C)CC)COP(=O)(O)OC[C@H](O)COP(=O)(O)OC[C@@H](COC(=O)CCCCCCCCCCCCCCCCCCC(C)C)OC(=O)CCCCCCCCCCCCCCCCCCC(C)C. The molecule has 0 saturated heterocycles. The molecule has 0 aromatic heterocycles. The largest absolute Gasteiger partial charge is 0.472 e. The number of aliphatic hydroxyl groups excluding tert-OH is 1. The molecule has 0 aromatic rings. The smallest absolute Gasteiger partial charge is 0.462 e. The van der Waals surface area contributed by atoms with Crippen molar-refractivity contribution in [1.29, 1.82) is 0 Å². The molecule has 0 aliphatic heterocycles. The van der Waals surface area contributed by atoms with Crippen LogP contribution in [0.3, 0.4) is 0 Å². The molecule has 0 aliphatic rings. The van der Waals surface area contributed by atoms with Crippen molar-refractivity contribution in [1.82, 2.24) is 0 Å². The van der Waals surface area contributed by atoms with Gasteiger partial charge in [0, 0.05) is 25.7 Å². The summed E-state index contributed by atoms with van der Waals surface area (Å²) in [5.41, 5.74) is 0. The molecule has 0 bridgehead atoms. The van der Waals surface area contributed by atoms with Crippen LogP contribution in [0.25, 0.3) is 0 Å². The van der Waals surface area contributed by atoms with E-state index < -0.39 is 97.5 Å². The van der Waals surface area contributed by atoms with E-state index in [1.54, 1.807) is 0 Å². The van der Waals surface area contributed by atoms with Crippen LogP contribution in [-0.4, -0.2) is 96.7 Å². The van der Waals surface area contributed by atoms with E-state index in [1.165, 1.54) is 270 Å². The molecule has 3 N–H and O–H groups in total. The lowest BCUT2D eigenvalue weighted by Crippen LogP contribution is -2.30. The van der Waals surface area contributed by atoms with Gasteiger partial charge in [0.1, 0.15) is 19.3 Å². The van der Waals surface area contributed by atoms with Gasteiger partial charge in [-0.3, -0.25) is 37.3 Å². The molecule has 0 aromatic carbocycles. The summed E-state index contributed by atoms with van der Waals surface area (Å²) in [7, 11) is -9.94. The van der Waals surface area contributed by atoms with Crippen molar-refractivity contribution in [3.8, 4) is 0 Å². The van der Waals surface area contributed by atoms with Crippen molar-refractivity contribution in [2.75, 3.05) is 39.6 Å². The van der Waals surface area contributed by atoms with Crippen LogP contribution in [0.5, 0.6) is 0 Å². The lowest BCUT2D eigenvalue weighted by Gasteiger charge is -2.21. The Morgan fingerprint density at radius 1 is 0.259 bits per heavy atom. The minimum absolute atomic E-state index is 0.107. The minimum Gasteiger partial charge on any atom is -0.462 e. The van der Waals surface area contributed by atoms with Gasteiger partial charge < -0.3 is 33.8 Å². The van der Waals surface area contributed by atoms with E-state index in [-0.39, 0.29) is 25.7 Å². The molecule has 7 atom stereocenters. The highest BCUT2D eigenvalue weighted by Crippen LogP contribution is 2.45. The number of carbonyl (C=O) groups excluding carboxylic acids is 4. The third kappa shape index (κ3) is 79.3. The third-order valence-electron chi connectivity index (χ3n) is 21.5. The number of ether oxygens (including phenoxy) is 4. The predicted octanol–water partition coefficient (Wildman–Crippen LogP) is 27.1. The standard InChI is InChI=1S/C89H174O17P2/c1-9-81(7)67-59-51-43-35-29-23-19-20-26-32-38-48-56-64-72-89(94)106-85(76-100-87(92)70-62-54-46-40-39-44-52-60-68-82(8)10-2)78-104-108(97,98)102-74-83(90)73-101-107(95,96)103-77-84(105-88(93)71-63-55-47-37-31-25-18-14-12-16-22-28-34-42-50-58-66-80(5)6)75-99-86(91)69-61-53-45-36-30-24-17-13-11-15-21-27-33-41-49-57-65-79(3)4/h79-85,90H,9-78H2,1-8H3,(H,95,96)(H,97,98)/t81?,82?,83-,84-,85-/m1/s1. The van der Waals surface area contributed by atoms with Crippen LogP contribution in [0.1, 0.15) is 466 Å². The number of esters is 4. The Balaban J connectivity index is 5.27. The Kier molecular flexibility index (Phi) is 76.2. The lowest BCUT2D eigenvalue weighted by molar-refractivity contribution is -0.161. The van der Waals surface area contributed by atoms with Crippen molar-refractivity contribution >= 4 is 39.5 Å². The Bertz CT molecular complexity index is 2100. The van der Waals surface area contributed by atoms with E-state index in [0.29, 0.717) is 25.7 Å². The Morgan fingerprint density at radius 2 is 0.444 bits per heavy atom. The molecule has 17 nitrogen and oxygen atoms in total. The van der Waals surface area contributed by atoms with E-state index in [1.807, 2.05) is 0 Å². The zero-order valence-electron chi connectivity index (χ0n) is 71.5. The zero-order valence-corrected chi connectivity index (χ0v) is 73.3. The van der Waals surface area contributed by atoms with Gasteiger partial charge in [0.05, 0.1) is 26.4 Å². The summed E-state index contributed by atoms with van der Waals surface area (Å²) in [5.74, 6) is 1.14. The van der Waals surface area contributed by atoms with Crippen molar-refractivity contribution in [2.45, 2.75) is 485 Å². The number of rotatable bonds is 86. The molecule has 19 heteroatoms. The van der Waals surface area contributed by atoms with Crippen molar-refractivity contribution in [3.63, 3.8) is 0 Å². The molecule has 0 spiro atoms. The summed E-state index contributed by atoms with van der Waals surface area (Å²) in [4.78, 5) is 73.4. The van der Waals surface area contributed by atoms with Gasteiger partial charge in [-0.1, -0.05) is 415 Å². The molecule has 0 amide bonds. The van der Waals surface area contributed by atoms with Gasteiger partial charge in [-0.25, -0.2) is 9.13 Å². The topological polar surface area (TPSA) is 237 Å². The van der Waals surface area contributed by atoms with Crippen molar-refractivity contribution in [3.05, 3.63) is 0 Å². The first-order valence-electron chi connectivity index (χ1n) is 45.8. The third-order valence-corrected chi connectivity index (χ3v) is 23.4. The second kappa shape index (κ2) is 77.6. The van der Waals surface area contributed by atoms with Crippen LogP contribution in [0.4, 0.5) is 0 Å². The van der Waals surface area contributed by atoms with Gasteiger partial charge >= 0.3 is 39.5 Å². The quantitative estimate of drug-likeness (QED) is 0.0222. The highest BCUT2D eigenvalue weighted by Gasteiger charge is 2.31. The molecular weight excluding hydrogens is 1400 g/mol. The fourth-order valence-corrected chi connectivity index (χ4v) is 15.4. The van der Waals surface area contributed by atoms with Crippen LogP contribution in [0, 0.1) is 23.7 Å². The molecule has 0 aliphatic carbocycles. The summed E-state index contributed by atoms with van der Waals surface area (Å²) < 4.78 is 69.0. The van der Waals surface area contributed by atoms with Gasteiger partial charge in [0.25, 0.3) is 0 Å². The summed E-state index contributed by atoms with van der Waals surface area (Å²) >= 11 is 0. The number of carbonyl (C=O) groups is 4. The van der Waals surface area contributed by atoms with Gasteiger partial charge in [-0.05, 0) is 49.4 Å².